The van der Waals surface area contributed by atoms with Crippen LogP contribution in [0.25, 0.3) is 0 Å². The number of carboxylic acid groups (broad SMARTS) is 2. The normalized spacial score (nSPS) is 10.9. The van der Waals surface area contributed by atoms with Crippen LogP contribution in [-0.2, 0) is 9.59 Å². The van der Waals surface area contributed by atoms with Crippen LogP contribution >= 0.6 is 0 Å². The first-order valence-corrected chi connectivity index (χ1v) is 4.42. The molecule has 5 nitrogen and oxygen atoms in total. The van der Waals surface area contributed by atoms with Crippen molar-refractivity contribution < 1.29 is 24.5 Å². The molecule has 0 saturated carbocycles. The SMILES string of the molecule is Cc1ccccc1O/C(=C\C(=O)O)C(=O)O. The molecule has 0 aliphatic rings. The molecule has 0 spiro atoms. The Balaban J connectivity index is 2.98. The Morgan fingerprint density at radius 2 is 1.88 bits per heavy atom. The molecule has 0 aliphatic carbocycles. The highest BCUT2D eigenvalue weighted by Gasteiger charge is 2.13. The predicted molar refractivity (Wildman–Crippen MR) is 55.2 cm³/mol. The number of benzene rings is 1. The first-order valence-electron chi connectivity index (χ1n) is 4.42. The second kappa shape index (κ2) is 4.97. The maximum absolute atomic E-state index is 10.7. The number of ether oxygens (including phenoxy) is 1. The molecule has 0 amide bonds. The number of aliphatic carboxylic acids is 2. The number of carbonyl (C=O) groups is 2. The third-order valence-electron chi connectivity index (χ3n) is 1.78. The molecule has 0 atom stereocenters. The molecule has 1 aromatic carbocycles. The zero-order valence-corrected chi connectivity index (χ0v) is 8.51. The van der Waals surface area contributed by atoms with Gasteiger partial charge in [0.15, 0.2) is 0 Å². The van der Waals surface area contributed by atoms with Crippen LogP contribution in [0.3, 0.4) is 0 Å². The van der Waals surface area contributed by atoms with E-state index >= 15 is 0 Å². The molecule has 0 aliphatic heterocycles. The Bertz CT molecular complexity index is 447. The molecule has 2 N–H and O–H groups in total. The molecule has 0 fully saturated rings. The fraction of sp³-hybridized carbons (Fsp3) is 0.0909. The Hall–Kier alpha value is -2.30. The second-order valence-corrected chi connectivity index (χ2v) is 3.02. The van der Waals surface area contributed by atoms with Crippen LogP contribution in [0.15, 0.2) is 36.1 Å². The van der Waals surface area contributed by atoms with Gasteiger partial charge in [-0.2, -0.15) is 0 Å². The van der Waals surface area contributed by atoms with E-state index in [4.69, 9.17) is 14.9 Å². The van der Waals surface area contributed by atoms with Crippen LogP contribution in [-0.4, -0.2) is 22.2 Å². The van der Waals surface area contributed by atoms with E-state index in [9.17, 15) is 9.59 Å². The maximum Gasteiger partial charge on any atom is 0.372 e. The van der Waals surface area contributed by atoms with E-state index in [0.717, 1.165) is 5.56 Å². The van der Waals surface area contributed by atoms with E-state index in [2.05, 4.69) is 0 Å². The second-order valence-electron chi connectivity index (χ2n) is 3.02. The third kappa shape index (κ3) is 3.13. The molecule has 0 unspecified atom stereocenters. The third-order valence-corrected chi connectivity index (χ3v) is 1.78. The van der Waals surface area contributed by atoms with Gasteiger partial charge in [0.2, 0.25) is 5.76 Å². The summed E-state index contributed by atoms with van der Waals surface area (Å²) in [6.07, 6.45) is 0.509. The maximum atomic E-state index is 10.7. The number of carboxylic acids is 2. The van der Waals surface area contributed by atoms with Gasteiger partial charge in [-0.25, -0.2) is 9.59 Å². The van der Waals surface area contributed by atoms with E-state index in [0.29, 0.717) is 11.8 Å². The van der Waals surface area contributed by atoms with Gasteiger partial charge in [-0.15, -0.1) is 0 Å². The molecule has 84 valence electrons. The van der Waals surface area contributed by atoms with Gasteiger partial charge in [-0.05, 0) is 18.6 Å². The highest BCUT2D eigenvalue weighted by Crippen LogP contribution is 2.19. The van der Waals surface area contributed by atoms with Gasteiger partial charge in [0, 0.05) is 0 Å². The number of rotatable bonds is 4. The summed E-state index contributed by atoms with van der Waals surface area (Å²) in [5.41, 5.74) is 0.722. The average Bonchev–Trinajstić information content (AvgIpc) is 2.19. The quantitative estimate of drug-likeness (QED) is 0.594. The lowest BCUT2D eigenvalue weighted by molar-refractivity contribution is -0.137. The standard InChI is InChI=1S/C11H10O5/c1-7-4-2-3-5-8(7)16-9(11(14)15)6-10(12)13/h2-6H,1H3,(H,12,13)(H,14,15)/b9-6-. The van der Waals surface area contributed by atoms with Crippen LogP contribution in [0.5, 0.6) is 5.75 Å². The summed E-state index contributed by atoms with van der Waals surface area (Å²) in [6.45, 7) is 1.73. The van der Waals surface area contributed by atoms with Crippen LogP contribution < -0.4 is 4.74 Å². The molecule has 5 heteroatoms. The van der Waals surface area contributed by atoms with Crippen LogP contribution in [0.1, 0.15) is 5.56 Å². The van der Waals surface area contributed by atoms with E-state index in [1.54, 1.807) is 31.2 Å². The van der Waals surface area contributed by atoms with Crippen molar-refractivity contribution in [1.82, 2.24) is 0 Å². The fourth-order valence-electron chi connectivity index (χ4n) is 1.04. The monoisotopic (exact) mass is 222 g/mol. The molecule has 0 aromatic heterocycles. The van der Waals surface area contributed by atoms with Gasteiger partial charge < -0.3 is 14.9 Å². The molecule has 0 bridgehead atoms. The Morgan fingerprint density at radius 3 is 2.38 bits per heavy atom. The van der Waals surface area contributed by atoms with Gasteiger partial charge in [0.25, 0.3) is 0 Å². The van der Waals surface area contributed by atoms with Crippen molar-refractivity contribution in [3.05, 3.63) is 41.7 Å². The van der Waals surface area contributed by atoms with Gasteiger partial charge in [0.05, 0.1) is 6.08 Å². The van der Waals surface area contributed by atoms with Gasteiger partial charge >= 0.3 is 11.9 Å². The molecular formula is C11H10O5. The first-order chi connectivity index (χ1) is 7.50. The van der Waals surface area contributed by atoms with E-state index in [1.807, 2.05) is 0 Å². The van der Waals surface area contributed by atoms with Crippen molar-refractivity contribution in [2.75, 3.05) is 0 Å². The predicted octanol–water partition coefficient (Wildman–Crippen LogP) is 1.43. The summed E-state index contributed by atoms with van der Waals surface area (Å²) in [5, 5.41) is 17.2. The number of hydrogen-bond donors (Lipinski definition) is 2. The summed E-state index contributed by atoms with van der Waals surface area (Å²) >= 11 is 0. The van der Waals surface area contributed by atoms with Crippen LogP contribution in [0.2, 0.25) is 0 Å². The average molecular weight is 222 g/mol. The van der Waals surface area contributed by atoms with Crippen molar-refractivity contribution in [3.8, 4) is 5.75 Å². The molecule has 1 aromatic rings. The van der Waals surface area contributed by atoms with E-state index in [1.165, 1.54) is 0 Å². The zero-order valence-electron chi connectivity index (χ0n) is 8.51. The molecule has 0 saturated heterocycles. The minimum Gasteiger partial charge on any atom is -0.478 e. The van der Waals surface area contributed by atoms with Gasteiger partial charge in [-0.1, -0.05) is 18.2 Å². The highest BCUT2D eigenvalue weighted by atomic mass is 16.5. The van der Waals surface area contributed by atoms with Gasteiger partial charge in [0.1, 0.15) is 5.75 Å². The van der Waals surface area contributed by atoms with Crippen molar-refractivity contribution in [1.29, 1.82) is 0 Å². The molecule has 16 heavy (non-hydrogen) atoms. The smallest absolute Gasteiger partial charge is 0.372 e. The minimum absolute atomic E-state index is 0.317. The van der Waals surface area contributed by atoms with Crippen molar-refractivity contribution in [2.45, 2.75) is 6.92 Å². The van der Waals surface area contributed by atoms with Crippen molar-refractivity contribution in [2.24, 2.45) is 0 Å². The lowest BCUT2D eigenvalue weighted by Crippen LogP contribution is -2.10. The Labute approximate surface area is 91.6 Å². The zero-order chi connectivity index (χ0) is 12.1. The van der Waals surface area contributed by atoms with E-state index in [-0.39, 0.29) is 0 Å². The topological polar surface area (TPSA) is 83.8 Å². The summed E-state index contributed by atoms with van der Waals surface area (Å²) in [6, 6.07) is 6.73. The first kappa shape index (κ1) is 11.8. The Kier molecular flexibility index (Phi) is 3.66. The number of para-hydroxylation sites is 1. The van der Waals surface area contributed by atoms with Crippen LogP contribution in [0.4, 0.5) is 0 Å². The summed E-state index contributed by atoms with van der Waals surface area (Å²) < 4.78 is 5.00. The minimum atomic E-state index is -1.43. The largest absolute Gasteiger partial charge is 0.478 e. The van der Waals surface area contributed by atoms with Crippen molar-refractivity contribution >= 4 is 11.9 Å². The summed E-state index contributed by atoms with van der Waals surface area (Å²) in [5.74, 6) is -3.10. The molecule has 0 heterocycles. The van der Waals surface area contributed by atoms with Crippen LogP contribution in [0, 0.1) is 6.92 Å². The van der Waals surface area contributed by atoms with Gasteiger partial charge in [-0.3, -0.25) is 0 Å². The van der Waals surface area contributed by atoms with E-state index < -0.39 is 17.7 Å². The Morgan fingerprint density at radius 1 is 1.25 bits per heavy atom. The highest BCUT2D eigenvalue weighted by molar-refractivity contribution is 5.93. The number of aryl methyl sites for hydroxylation is 1. The summed E-state index contributed by atoms with van der Waals surface area (Å²) in [4.78, 5) is 21.1. The molecule has 0 radical (unpaired) electrons. The number of hydrogen-bond acceptors (Lipinski definition) is 3. The fourth-order valence-corrected chi connectivity index (χ4v) is 1.04. The molecular weight excluding hydrogens is 212 g/mol. The molecule has 1 rings (SSSR count). The van der Waals surface area contributed by atoms with Crippen molar-refractivity contribution in [3.63, 3.8) is 0 Å². The summed E-state index contributed by atoms with van der Waals surface area (Å²) in [7, 11) is 0. The lowest BCUT2D eigenvalue weighted by Gasteiger charge is -2.07. The lowest BCUT2D eigenvalue weighted by atomic mass is 10.2.